The first-order valence-corrected chi connectivity index (χ1v) is 5.92. The number of nitrogens with two attached hydrogens (primary N) is 1. The van der Waals surface area contributed by atoms with Gasteiger partial charge in [-0.15, -0.1) is 0 Å². The lowest BCUT2D eigenvalue weighted by Gasteiger charge is -2.21. The molecular formula is C11H20N2O3. The number of carbonyl (C=O) groups is 1. The van der Waals surface area contributed by atoms with Crippen LogP contribution in [0.5, 0.6) is 0 Å². The minimum absolute atomic E-state index is 0.188. The third kappa shape index (κ3) is 2.47. The molecular weight excluding hydrogens is 208 g/mol. The number of cyclic esters (lactones) is 1. The fourth-order valence-corrected chi connectivity index (χ4v) is 2.38. The molecule has 2 heterocycles. The zero-order chi connectivity index (χ0) is 11.6. The second kappa shape index (κ2) is 4.59. The van der Waals surface area contributed by atoms with Crippen LogP contribution in [-0.4, -0.2) is 48.9 Å². The molecule has 0 aliphatic carbocycles. The maximum atomic E-state index is 11.7. The molecule has 2 atom stereocenters. The zero-order valence-electron chi connectivity index (χ0n) is 9.78. The Balaban J connectivity index is 1.88. The van der Waals surface area contributed by atoms with Crippen molar-refractivity contribution in [3.63, 3.8) is 0 Å². The molecule has 2 saturated heterocycles. The molecule has 2 N–H and O–H groups in total. The predicted octanol–water partition coefficient (Wildman–Crippen LogP) is 0.725. The van der Waals surface area contributed by atoms with E-state index in [1.54, 1.807) is 4.90 Å². The number of hydrogen-bond donors (Lipinski definition) is 1. The van der Waals surface area contributed by atoms with Crippen LogP contribution in [0.15, 0.2) is 0 Å². The summed E-state index contributed by atoms with van der Waals surface area (Å²) in [6.07, 6.45) is 2.80. The summed E-state index contributed by atoms with van der Waals surface area (Å²) in [5, 5.41) is 0. The van der Waals surface area contributed by atoms with Gasteiger partial charge in [-0.1, -0.05) is 0 Å². The molecule has 0 aromatic rings. The van der Waals surface area contributed by atoms with Gasteiger partial charge in [0.2, 0.25) is 0 Å². The van der Waals surface area contributed by atoms with Crippen LogP contribution in [0.25, 0.3) is 0 Å². The fourth-order valence-electron chi connectivity index (χ4n) is 2.38. The van der Waals surface area contributed by atoms with Crippen LogP contribution in [0.4, 0.5) is 4.79 Å². The maximum Gasteiger partial charge on any atom is 0.410 e. The molecule has 0 saturated carbocycles. The first kappa shape index (κ1) is 11.7. The Morgan fingerprint density at radius 2 is 2.44 bits per heavy atom. The molecule has 5 nitrogen and oxygen atoms in total. The molecule has 0 radical (unpaired) electrons. The van der Waals surface area contributed by atoms with Gasteiger partial charge in [0, 0.05) is 13.0 Å². The standard InChI is InChI=1S/C11H20N2O3/c1-11(4-5-12)8-13(10(14)16-11)7-9-3-2-6-15-9/h9H,2-8,12H2,1H3. The summed E-state index contributed by atoms with van der Waals surface area (Å²) in [5.74, 6) is 0. The van der Waals surface area contributed by atoms with Crippen molar-refractivity contribution in [2.45, 2.75) is 37.9 Å². The van der Waals surface area contributed by atoms with Gasteiger partial charge in [0.25, 0.3) is 0 Å². The first-order chi connectivity index (χ1) is 7.63. The van der Waals surface area contributed by atoms with E-state index < -0.39 is 5.60 Å². The normalized spacial score (nSPS) is 34.5. The van der Waals surface area contributed by atoms with E-state index in [0.717, 1.165) is 19.4 Å². The predicted molar refractivity (Wildman–Crippen MR) is 59.1 cm³/mol. The summed E-state index contributed by atoms with van der Waals surface area (Å²) in [5.41, 5.74) is 5.10. The monoisotopic (exact) mass is 228 g/mol. The minimum Gasteiger partial charge on any atom is -0.441 e. The van der Waals surface area contributed by atoms with E-state index in [9.17, 15) is 4.79 Å². The highest BCUT2D eigenvalue weighted by Gasteiger charge is 2.41. The van der Waals surface area contributed by atoms with Crippen molar-refractivity contribution in [2.24, 2.45) is 5.73 Å². The Bertz CT molecular complexity index is 266. The Labute approximate surface area is 95.9 Å². The lowest BCUT2D eigenvalue weighted by Crippen LogP contribution is -2.36. The minimum atomic E-state index is -0.412. The third-order valence-electron chi connectivity index (χ3n) is 3.24. The Morgan fingerprint density at radius 3 is 3.06 bits per heavy atom. The van der Waals surface area contributed by atoms with E-state index in [2.05, 4.69) is 0 Å². The lowest BCUT2D eigenvalue weighted by atomic mass is 10.0. The van der Waals surface area contributed by atoms with Gasteiger partial charge in [0.1, 0.15) is 5.60 Å². The summed E-state index contributed by atoms with van der Waals surface area (Å²) in [6.45, 7) is 4.57. The fraction of sp³-hybridized carbons (Fsp3) is 0.909. The lowest BCUT2D eigenvalue weighted by molar-refractivity contribution is 0.0659. The number of amides is 1. The van der Waals surface area contributed by atoms with Gasteiger partial charge in [-0.05, 0) is 26.3 Å². The quantitative estimate of drug-likeness (QED) is 0.770. The third-order valence-corrected chi connectivity index (χ3v) is 3.24. The topological polar surface area (TPSA) is 64.8 Å². The number of carbonyl (C=O) groups excluding carboxylic acids is 1. The largest absolute Gasteiger partial charge is 0.441 e. The van der Waals surface area contributed by atoms with Crippen LogP contribution in [0.1, 0.15) is 26.2 Å². The van der Waals surface area contributed by atoms with Crippen molar-refractivity contribution >= 4 is 6.09 Å². The first-order valence-electron chi connectivity index (χ1n) is 5.92. The van der Waals surface area contributed by atoms with Crippen molar-refractivity contribution in [2.75, 3.05) is 26.2 Å². The van der Waals surface area contributed by atoms with E-state index in [1.165, 1.54) is 0 Å². The summed E-state index contributed by atoms with van der Waals surface area (Å²) in [4.78, 5) is 13.4. The highest BCUT2D eigenvalue weighted by atomic mass is 16.6. The summed E-state index contributed by atoms with van der Waals surface area (Å²) < 4.78 is 10.9. The molecule has 0 spiro atoms. The number of rotatable bonds is 4. The van der Waals surface area contributed by atoms with E-state index in [-0.39, 0.29) is 12.2 Å². The molecule has 2 fully saturated rings. The molecule has 92 valence electrons. The van der Waals surface area contributed by atoms with Crippen molar-refractivity contribution in [1.82, 2.24) is 4.90 Å². The van der Waals surface area contributed by atoms with Gasteiger partial charge >= 0.3 is 6.09 Å². The average molecular weight is 228 g/mol. The molecule has 1 amide bonds. The summed E-state index contributed by atoms with van der Waals surface area (Å²) in [6, 6.07) is 0. The van der Waals surface area contributed by atoms with Gasteiger partial charge < -0.3 is 20.1 Å². The van der Waals surface area contributed by atoms with Gasteiger partial charge in [0.05, 0.1) is 19.2 Å². The van der Waals surface area contributed by atoms with Gasteiger partial charge in [0.15, 0.2) is 0 Å². The smallest absolute Gasteiger partial charge is 0.410 e. The zero-order valence-corrected chi connectivity index (χ0v) is 9.78. The molecule has 0 bridgehead atoms. The molecule has 2 rings (SSSR count). The highest BCUT2D eigenvalue weighted by molar-refractivity contribution is 5.70. The van der Waals surface area contributed by atoms with E-state index in [0.29, 0.717) is 26.1 Å². The van der Waals surface area contributed by atoms with E-state index in [4.69, 9.17) is 15.2 Å². The molecule has 5 heteroatoms. The van der Waals surface area contributed by atoms with Crippen molar-refractivity contribution in [3.05, 3.63) is 0 Å². The Kier molecular flexibility index (Phi) is 3.35. The average Bonchev–Trinajstić information content (AvgIpc) is 2.77. The van der Waals surface area contributed by atoms with Crippen LogP contribution >= 0.6 is 0 Å². The van der Waals surface area contributed by atoms with E-state index >= 15 is 0 Å². The van der Waals surface area contributed by atoms with Crippen LogP contribution in [0.3, 0.4) is 0 Å². The van der Waals surface area contributed by atoms with Crippen molar-refractivity contribution in [3.8, 4) is 0 Å². The maximum absolute atomic E-state index is 11.7. The molecule has 2 aliphatic rings. The van der Waals surface area contributed by atoms with Gasteiger partial charge in [-0.25, -0.2) is 4.79 Å². The SMILES string of the molecule is CC1(CCN)CN(CC2CCCO2)C(=O)O1. The van der Waals surface area contributed by atoms with Crippen LogP contribution < -0.4 is 5.73 Å². The van der Waals surface area contributed by atoms with Gasteiger partial charge in [-0.3, -0.25) is 0 Å². The Hall–Kier alpha value is -0.810. The van der Waals surface area contributed by atoms with E-state index in [1.807, 2.05) is 6.92 Å². The molecule has 0 aromatic heterocycles. The number of hydrogen-bond acceptors (Lipinski definition) is 4. The van der Waals surface area contributed by atoms with Crippen LogP contribution in [-0.2, 0) is 9.47 Å². The Morgan fingerprint density at radius 1 is 1.62 bits per heavy atom. The number of nitrogens with zero attached hydrogens (tertiary/aromatic N) is 1. The van der Waals surface area contributed by atoms with Crippen molar-refractivity contribution < 1.29 is 14.3 Å². The van der Waals surface area contributed by atoms with Gasteiger partial charge in [-0.2, -0.15) is 0 Å². The summed E-state index contributed by atoms with van der Waals surface area (Å²) >= 11 is 0. The molecule has 2 aliphatic heterocycles. The van der Waals surface area contributed by atoms with Crippen LogP contribution in [0, 0.1) is 0 Å². The second-order valence-electron chi connectivity index (χ2n) is 4.87. The van der Waals surface area contributed by atoms with Crippen molar-refractivity contribution in [1.29, 1.82) is 0 Å². The highest BCUT2D eigenvalue weighted by Crippen LogP contribution is 2.26. The molecule has 16 heavy (non-hydrogen) atoms. The molecule has 0 aromatic carbocycles. The number of ether oxygens (including phenoxy) is 2. The molecule has 2 unspecified atom stereocenters. The summed E-state index contributed by atoms with van der Waals surface area (Å²) in [7, 11) is 0. The van der Waals surface area contributed by atoms with Crippen LogP contribution in [0.2, 0.25) is 0 Å². The second-order valence-corrected chi connectivity index (χ2v) is 4.87.